The van der Waals surface area contributed by atoms with E-state index in [4.69, 9.17) is 68.6 Å². The Hall–Kier alpha value is -4.94. The smallest absolute Gasteiger partial charge is 0.338 e. The van der Waals surface area contributed by atoms with Crippen molar-refractivity contribution in [2.75, 3.05) is 6.61 Å². The third-order valence-corrected chi connectivity index (χ3v) is 7.74. The van der Waals surface area contributed by atoms with Crippen molar-refractivity contribution in [2.24, 2.45) is 0 Å². The molecular weight excluding hydrogens is 713 g/mol. The molecule has 1 aliphatic heterocycles. The molecule has 0 bridgehead atoms. The van der Waals surface area contributed by atoms with E-state index < -0.39 is 70.9 Å². The Bertz CT molecular complexity index is 1790. The standard InChI is InChI=1S/C36H28Cl3NO10/c37-36(38,39)35(40)50-34-29(48-33(44)25-19-11-4-12-20-25)28(47-32(43)24-17-9-3-10-18-24)27(49-34)26(46-31(42)23-15-7-2-8-16-23)21-45-30(41)22-13-5-1-6-14-22/h1-20,26-29,34,40H,21H2/t26-,27-,28+,29-,34+/m1/s1. The molecule has 1 N–H and O–H groups in total. The predicted molar refractivity (Wildman–Crippen MR) is 181 cm³/mol. The van der Waals surface area contributed by atoms with Crippen molar-refractivity contribution in [3.63, 3.8) is 0 Å². The first kappa shape index (κ1) is 36.3. The first-order valence-corrected chi connectivity index (χ1v) is 16.1. The van der Waals surface area contributed by atoms with Gasteiger partial charge in [-0.05, 0) is 48.5 Å². The molecular formula is C36H28Cl3NO10. The third kappa shape index (κ3) is 9.39. The highest BCUT2D eigenvalue weighted by Gasteiger charge is 2.56. The molecule has 0 spiro atoms. The molecule has 5 atom stereocenters. The molecule has 1 fully saturated rings. The number of halogens is 3. The van der Waals surface area contributed by atoms with Gasteiger partial charge in [-0.25, -0.2) is 19.2 Å². The Morgan fingerprint density at radius 2 is 1.00 bits per heavy atom. The zero-order chi connectivity index (χ0) is 35.7. The van der Waals surface area contributed by atoms with E-state index in [1.165, 1.54) is 48.5 Å². The van der Waals surface area contributed by atoms with Crippen molar-refractivity contribution in [1.29, 1.82) is 5.41 Å². The number of esters is 4. The fourth-order valence-electron chi connectivity index (χ4n) is 4.81. The third-order valence-electron chi connectivity index (χ3n) is 7.23. The molecule has 4 aromatic carbocycles. The molecule has 50 heavy (non-hydrogen) atoms. The second kappa shape index (κ2) is 16.6. The van der Waals surface area contributed by atoms with Crippen molar-refractivity contribution in [3.05, 3.63) is 144 Å². The van der Waals surface area contributed by atoms with Gasteiger partial charge in [-0.1, -0.05) is 108 Å². The van der Waals surface area contributed by atoms with Gasteiger partial charge in [0.25, 0.3) is 3.79 Å². The van der Waals surface area contributed by atoms with E-state index in [1.807, 2.05) is 0 Å². The van der Waals surface area contributed by atoms with Crippen molar-refractivity contribution in [2.45, 2.75) is 34.5 Å². The summed E-state index contributed by atoms with van der Waals surface area (Å²) in [6.45, 7) is -0.621. The second-order valence-corrected chi connectivity index (χ2v) is 12.9. The van der Waals surface area contributed by atoms with Gasteiger partial charge in [0.2, 0.25) is 18.3 Å². The van der Waals surface area contributed by atoms with Gasteiger partial charge in [-0.15, -0.1) is 0 Å². The minimum Gasteiger partial charge on any atom is -0.458 e. The summed E-state index contributed by atoms with van der Waals surface area (Å²) < 4.78 is 32.3. The number of carbonyl (C=O) groups excluding carboxylic acids is 4. The van der Waals surface area contributed by atoms with Crippen LogP contribution in [0.25, 0.3) is 0 Å². The predicted octanol–water partition coefficient (Wildman–Crippen LogP) is 6.61. The van der Waals surface area contributed by atoms with Crippen LogP contribution in [0.1, 0.15) is 41.4 Å². The molecule has 11 nitrogen and oxygen atoms in total. The maximum absolute atomic E-state index is 13.5. The first-order valence-electron chi connectivity index (χ1n) is 15.0. The van der Waals surface area contributed by atoms with E-state index in [1.54, 1.807) is 72.8 Å². The number of nitrogens with one attached hydrogen (secondary N) is 1. The lowest BCUT2D eigenvalue weighted by Gasteiger charge is -2.28. The van der Waals surface area contributed by atoms with Crippen LogP contribution in [0.5, 0.6) is 0 Å². The topological polar surface area (TPSA) is 148 Å². The quantitative estimate of drug-likeness (QED) is 0.0586. The Morgan fingerprint density at radius 1 is 0.600 bits per heavy atom. The number of benzene rings is 4. The molecule has 1 saturated heterocycles. The molecule has 0 aromatic heterocycles. The molecule has 14 heteroatoms. The van der Waals surface area contributed by atoms with Crippen molar-refractivity contribution < 1.29 is 47.6 Å². The SMILES string of the molecule is N=C(O[C@@H]1O[C@H]([C@@H](COC(=O)c2ccccc2)OC(=O)c2ccccc2)[C@H](OC(=O)c2ccccc2)[C@H]1OC(=O)c1ccccc1)C(Cl)(Cl)Cl. The van der Waals surface area contributed by atoms with Gasteiger partial charge in [-0.3, -0.25) is 5.41 Å². The van der Waals surface area contributed by atoms with Crippen LogP contribution in [0.2, 0.25) is 0 Å². The summed E-state index contributed by atoms with van der Waals surface area (Å²) in [4.78, 5) is 53.3. The first-order chi connectivity index (χ1) is 24.0. The number of rotatable bonds is 11. The van der Waals surface area contributed by atoms with Gasteiger partial charge >= 0.3 is 23.9 Å². The molecule has 0 unspecified atom stereocenters. The van der Waals surface area contributed by atoms with E-state index in [0.29, 0.717) is 0 Å². The molecule has 258 valence electrons. The summed E-state index contributed by atoms with van der Waals surface area (Å²) in [5.41, 5.74) is 0.571. The highest BCUT2D eigenvalue weighted by atomic mass is 35.6. The summed E-state index contributed by atoms with van der Waals surface area (Å²) >= 11 is 17.7. The Labute approximate surface area is 301 Å². The minimum atomic E-state index is -2.38. The minimum absolute atomic E-state index is 0.114. The Kier molecular flexibility index (Phi) is 12.1. The van der Waals surface area contributed by atoms with E-state index in [9.17, 15) is 19.2 Å². The van der Waals surface area contributed by atoms with Gasteiger partial charge in [0.1, 0.15) is 12.7 Å². The molecule has 0 amide bonds. The van der Waals surface area contributed by atoms with Gasteiger partial charge in [0.05, 0.1) is 22.3 Å². The Balaban J connectivity index is 1.54. The van der Waals surface area contributed by atoms with E-state index in [0.717, 1.165) is 0 Å². The maximum atomic E-state index is 13.5. The molecule has 1 aliphatic rings. The van der Waals surface area contributed by atoms with Gasteiger partial charge < -0.3 is 28.4 Å². The summed E-state index contributed by atoms with van der Waals surface area (Å²) in [5.74, 6) is -4.30. The molecule has 0 radical (unpaired) electrons. The van der Waals surface area contributed by atoms with Gasteiger partial charge in [0, 0.05) is 0 Å². The summed E-state index contributed by atoms with van der Waals surface area (Å²) in [6.07, 6.45) is -8.06. The fraction of sp³-hybridized carbons (Fsp3) is 0.194. The molecule has 0 saturated carbocycles. The average Bonchev–Trinajstić information content (AvgIpc) is 3.45. The lowest BCUT2D eigenvalue weighted by molar-refractivity contribution is -0.146. The lowest BCUT2D eigenvalue weighted by atomic mass is 10.0. The molecule has 5 rings (SSSR count). The van der Waals surface area contributed by atoms with Crippen molar-refractivity contribution in [1.82, 2.24) is 0 Å². The van der Waals surface area contributed by atoms with Crippen molar-refractivity contribution >= 4 is 64.6 Å². The van der Waals surface area contributed by atoms with Crippen molar-refractivity contribution in [3.8, 4) is 0 Å². The molecule has 0 aliphatic carbocycles. The van der Waals surface area contributed by atoms with Crippen LogP contribution in [0.4, 0.5) is 0 Å². The highest BCUT2D eigenvalue weighted by molar-refractivity contribution is 6.76. The number of hydrogen-bond donors (Lipinski definition) is 1. The monoisotopic (exact) mass is 739 g/mol. The molecule has 4 aromatic rings. The number of hydrogen-bond acceptors (Lipinski definition) is 11. The van der Waals surface area contributed by atoms with Crippen LogP contribution in [0.3, 0.4) is 0 Å². The zero-order valence-electron chi connectivity index (χ0n) is 25.9. The van der Waals surface area contributed by atoms with E-state index in [-0.39, 0.29) is 22.3 Å². The van der Waals surface area contributed by atoms with Crippen LogP contribution in [-0.2, 0) is 28.4 Å². The number of ether oxygens (including phenoxy) is 6. The van der Waals surface area contributed by atoms with Gasteiger partial charge in [0.15, 0.2) is 12.2 Å². The Morgan fingerprint density at radius 3 is 1.44 bits per heavy atom. The van der Waals surface area contributed by atoms with Gasteiger partial charge in [-0.2, -0.15) is 0 Å². The van der Waals surface area contributed by atoms with Crippen LogP contribution in [0.15, 0.2) is 121 Å². The zero-order valence-corrected chi connectivity index (χ0v) is 28.1. The van der Waals surface area contributed by atoms with Crippen LogP contribution >= 0.6 is 34.8 Å². The normalized spacial score (nSPS) is 19.0. The lowest BCUT2D eigenvalue weighted by Crippen LogP contribution is -2.47. The number of alkyl halides is 3. The van der Waals surface area contributed by atoms with Crippen LogP contribution in [0, 0.1) is 5.41 Å². The summed E-state index contributed by atoms with van der Waals surface area (Å²) in [5, 5.41) is 8.21. The van der Waals surface area contributed by atoms with Crippen LogP contribution < -0.4 is 0 Å². The average molecular weight is 741 g/mol. The molecule has 1 heterocycles. The maximum Gasteiger partial charge on any atom is 0.338 e. The van der Waals surface area contributed by atoms with E-state index >= 15 is 0 Å². The summed E-state index contributed by atoms with van der Waals surface area (Å²) in [7, 11) is 0. The number of carbonyl (C=O) groups is 4. The summed E-state index contributed by atoms with van der Waals surface area (Å²) in [6, 6.07) is 31.7. The largest absolute Gasteiger partial charge is 0.458 e. The highest BCUT2D eigenvalue weighted by Crippen LogP contribution is 2.36. The second-order valence-electron chi connectivity index (χ2n) is 10.7. The fourth-order valence-corrected chi connectivity index (χ4v) is 4.94. The van der Waals surface area contributed by atoms with Crippen LogP contribution in [-0.4, -0.2) is 70.9 Å². The van der Waals surface area contributed by atoms with E-state index in [2.05, 4.69) is 0 Å².